The molecule has 1 aliphatic rings. The van der Waals surface area contributed by atoms with E-state index in [1.807, 2.05) is 54.6 Å². The molecule has 7 nitrogen and oxygen atoms in total. The lowest BCUT2D eigenvalue weighted by atomic mass is 9.86. The number of fused-ring (bicyclic) bond motifs is 1. The molecule has 3 aromatic rings. The van der Waals surface area contributed by atoms with E-state index in [0.29, 0.717) is 29.5 Å². The predicted molar refractivity (Wildman–Crippen MR) is 139 cm³/mol. The summed E-state index contributed by atoms with van der Waals surface area (Å²) in [5.74, 6) is 2.41. The molecule has 7 heteroatoms. The molecule has 3 aromatic carbocycles. The lowest BCUT2D eigenvalue weighted by Gasteiger charge is -2.41. The van der Waals surface area contributed by atoms with Gasteiger partial charge in [-0.25, -0.2) is 0 Å². The van der Waals surface area contributed by atoms with Crippen LogP contribution in [0.25, 0.3) is 0 Å². The second-order valence-corrected chi connectivity index (χ2v) is 8.85. The van der Waals surface area contributed by atoms with Crippen molar-refractivity contribution in [2.24, 2.45) is 5.73 Å². The van der Waals surface area contributed by atoms with Gasteiger partial charge < -0.3 is 24.7 Å². The van der Waals surface area contributed by atoms with Crippen molar-refractivity contribution in [3.8, 4) is 23.0 Å². The van der Waals surface area contributed by atoms with Crippen LogP contribution in [0, 0.1) is 0 Å². The van der Waals surface area contributed by atoms with Crippen LogP contribution in [-0.2, 0) is 17.6 Å². The van der Waals surface area contributed by atoms with Crippen LogP contribution < -0.4 is 24.7 Å². The van der Waals surface area contributed by atoms with Gasteiger partial charge in [0, 0.05) is 12.6 Å². The highest BCUT2D eigenvalue weighted by molar-refractivity contribution is 5.81. The molecule has 0 saturated heterocycles. The monoisotopic (exact) mass is 490 g/mol. The van der Waals surface area contributed by atoms with Crippen molar-refractivity contribution < 1.29 is 23.7 Å². The molecule has 0 fully saturated rings. The molecule has 2 atom stereocenters. The van der Waals surface area contributed by atoms with Crippen LogP contribution in [0.15, 0.2) is 60.7 Å². The van der Waals surface area contributed by atoms with Crippen molar-refractivity contribution in [3.63, 3.8) is 0 Å². The maximum absolute atomic E-state index is 12.8. The second-order valence-electron chi connectivity index (χ2n) is 8.85. The van der Waals surface area contributed by atoms with Crippen LogP contribution >= 0.6 is 0 Å². The largest absolute Gasteiger partial charge is 0.493 e. The van der Waals surface area contributed by atoms with Crippen molar-refractivity contribution in [2.75, 3.05) is 35.0 Å². The van der Waals surface area contributed by atoms with Gasteiger partial charge in [0.05, 0.1) is 28.4 Å². The Morgan fingerprint density at radius 1 is 0.889 bits per heavy atom. The first-order chi connectivity index (χ1) is 17.5. The Morgan fingerprint density at radius 3 is 2.17 bits per heavy atom. The summed E-state index contributed by atoms with van der Waals surface area (Å²) in [7, 11) is 6.55. The zero-order chi connectivity index (χ0) is 25.7. The van der Waals surface area contributed by atoms with Crippen LogP contribution in [0.3, 0.4) is 0 Å². The number of aryl methyl sites for hydroxylation is 1. The van der Waals surface area contributed by atoms with Gasteiger partial charge in [-0.1, -0.05) is 36.4 Å². The van der Waals surface area contributed by atoms with Gasteiger partial charge in [0.25, 0.3) is 0 Å². The third kappa shape index (κ3) is 5.11. The number of ether oxygens (including phenoxy) is 4. The van der Waals surface area contributed by atoms with Gasteiger partial charge in [0.2, 0.25) is 5.91 Å². The molecule has 0 aromatic heterocycles. The molecule has 0 bridgehead atoms. The zero-order valence-electron chi connectivity index (χ0n) is 21.3. The summed E-state index contributed by atoms with van der Waals surface area (Å²) >= 11 is 0. The Hall–Kier alpha value is -3.71. The summed E-state index contributed by atoms with van der Waals surface area (Å²) in [6, 6.07) is 19.2. The molecule has 2 unspecified atom stereocenters. The Balaban J connectivity index is 1.74. The van der Waals surface area contributed by atoms with Crippen molar-refractivity contribution in [1.29, 1.82) is 0 Å². The van der Waals surface area contributed by atoms with Gasteiger partial charge in [-0.3, -0.25) is 9.69 Å². The van der Waals surface area contributed by atoms with E-state index in [4.69, 9.17) is 24.7 Å². The Morgan fingerprint density at radius 2 is 1.53 bits per heavy atom. The number of methoxy groups -OCH3 is 4. The molecule has 190 valence electrons. The van der Waals surface area contributed by atoms with E-state index in [9.17, 15) is 4.79 Å². The van der Waals surface area contributed by atoms with Gasteiger partial charge in [0.15, 0.2) is 23.0 Å². The lowest BCUT2D eigenvalue weighted by Crippen LogP contribution is -2.44. The molecule has 0 saturated carbocycles. The van der Waals surface area contributed by atoms with Crippen LogP contribution in [-0.4, -0.2) is 45.8 Å². The molecule has 0 radical (unpaired) electrons. The van der Waals surface area contributed by atoms with Crippen molar-refractivity contribution >= 4 is 5.91 Å². The number of primary amides is 1. The number of carbonyl (C=O) groups is 1. The van der Waals surface area contributed by atoms with E-state index in [2.05, 4.69) is 11.0 Å². The molecule has 2 N–H and O–H groups in total. The number of rotatable bonds is 10. The average molecular weight is 491 g/mol. The van der Waals surface area contributed by atoms with Crippen molar-refractivity contribution in [2.45, 2.75) is 31.3 Å². The molecule has 1 amide bonds. The summed E-state index contributed by atoms with van der Waals surface area (Å²) in [6.07, 6.45) is 2.32. The average Bonchev–Trinajstić information content (AvgIpc) is 2.91. The van der Waals surface area contributed by atoms with Gasteiger partial charge in [-0.2, -0.15) is 0 Å². The molecule has 36 heavy (non-hydrogen) atoms. The van der Waals surface area contributed by atoms with E-state index in [0.717, 1.165) is 36.0 Å². The van der Waals surface area contributed by atoms with E-state index in [1.54, 1.807) is 28.4 Å². The smallest absolute Gasteiger partial charge is 0.239 e. The van der Waals surface area contributed by atoms with Gasteiger partial charge in [-0.15, -0.1) is 0 Å². The highest BCUT2D eigenvalue weighted by atomic mass is 16.5. The van der Waals surface area contributed by atoms with Crippen molar-refractivity contribution in [3.05, 3.63) is 82.9 Å². The molecular formula is C29H34N2O5. The third-order valence-corrected chi connectivity index (χ3v) is 6.91. The fraction of sp³-hybridized carbons (Fsp3) is 0.345. The van der Waals surface area contributed by atoms with Crippen molar-refractivity contribution in [1.82, 2.24) is 4.90 Å². The molecule has 1 heterocycles. The summed E-state index contributed by atoms with van der Waals surface area (Å²) in [4.78, 5) is 15.0. The fourth-order valence-corrected chi connectivity index (χ4v) is 5.17. The molecular weight excluding hydrogens is 456 g/mol. The van der Waals surface area contributed by atoms with E-state index in [1.165, 1.54) is 5.56 Å². The minimum Gasteiger partial charge on any atom is -0.493 e. The summed E-state index contributed by atoms with van der Waals surface area (Å²) in [6.45, 7) is 0.696. The van der Waals surface area contributed by atoms with Gasteiger partial charge in [-0.05, 0) is 65.8 Å². The maximum Gasteiger partial charge on any atom is 0.239 e. The normalized spacial score (nSPS) is 16.1. The number of hydrogen-bond donors (Lipinski definition) is 1. The van der Waals surface area contributed by atoms with E-state index >= 15 is 0 Å². The number of benzene rings is 3. The highest BCUT2D eigenvalue weighted by Gasteiger charge is 2.36. The van der Waals surface area contributed by atoms with Crippen LogP contribution in [0.2, 0.25) is 0 Å². The zero-order valence-corrected chi connectivity index (χ0v) is 21.3. The Kier molecular flexibility index (Phi) is 8.00. The number of amides is 1. The maximum atomic E-state index is 12.8. The predicted octanol–water partition coefficient (Wildman–Crippen LogP) is 4.48. The molecule has 1 aliphatic heterocycles. The minimum absolute atomic E-state index is 0.0561. The SMILES string of the molecule is COc1ccc(CCC2c3cc(OC)c(OC)cc3CCN2C(C(N)=O)c2ccccc2)cc1OC. The van der Waals surface area contributed by atoms with Crippen LogP contribution in [0.1, 0.15) is 40.8 Å². The summed E-state index contributed by atoms with van der Waals surface area (Å²) in [5, 5.41) is 0. The Labute approximate surface area is 212 Å². The second kappa shape index (κ2) is 11.4. The molecule has 0 spiro atoms. The quantitative estimate of drug-likeness (QED) is 0.451. The number of carbonyl (C=O) groups excluding carboxylic acids is 1. The Bertz CT molecular complexity index is 1200. The van der Waals surface area contributed by atoms with Gasteiger partial charge >= 0.3 is 0 Å². The topological polar surface area (TPSA) is 83.3 Å². The van der Waals surface area contributed by atoms with Crippen LogP contribution in [0.5, 0.6) is 23.0 Å². The summed E-state index contributed by atoms with van der Waals surface area (Å²) < 4.78 is 22.1. The minimum atomic E-state index is -0.539. The molecule has 0 aliphatic carbocycles. The number of nitrogens with zero attached hydrogens (tertiary/aromatic N) is 1. The first kappa shape index (κ1) is 25.4. The lowest BCUT2D eigenvalue weighted by molar-refractivity contribution is -0.124. The molecule has 4 rings (SSSR count). The van der Waals surface area contributed by atoms with E-state index in [-0.39, 0.29) is 11.9 Å². The van der Waals surface area contributed by atoms with E-state index < -0.39 is 6.04 Å². The summed E-state index contributed by atoms with van der Waals surface area (Å²) in [5.41, 5.74) is 10.3. The third-order valence-electron chi connectivity index (χ3n) is 6.91. The first-order valence-corrected chi connectivity index (χ1v) is 12.1. The first-order valence-electron chi connectivity index (χ1n) is 12.1. The number of hydrogen-bond acceptors (Lipinski definition) is 6. The van der Waals surface area contributed by atoms with Crippen LogP contribution in [0.4, 0.5) is 0 Å². The standard InChI is InChI=1S/C29H34N2O5/c1-33-24-13-11-19(16-25(24)34-2)10-12-23-22-18-27(36-4)26(35-3)17-21(22)14-15-31(23)28(29(30)32)20-8-6-5-7-9-20/h5-9,11,13,16-18,23,28H,10,12,14-15H2,1-4H3,(H2,30,32). The van der Waals surface area contributed by atoms with Gasteiger partial charge in [0.1, 0.15) is 6.04 Å². The fourth-order valence-electron chi connectivity index (χ4n) is 5.17. The number of nitrogens with two attached hydrogens (primary N) is 1. The highest BCUT2D eigenvalue weighted by Crippen LogP contribution is 2.43.